The maximum Gasteiger partial charge on any atom is 0.141 e. The van der Waals surface area contributed by atoms with Gasteiger partial charge in [-0.05, 0) is 36.5 Å². The summed E-state index contributed by atoms with van der Waals surface area (Å²) in [5.74, 6) is 0.561. The van der Waals surface area contributed by atoms with E-state index in [0.717, 1.165) is 5.56 Å². The van der Waals surface area contributed by atoms with Crippen LogP contribution in [0.4, 0.5) is 0 Å². The SMILES string of the molecule is Cc1cccc(C)c1CC(=O)C(CN)C(C)C. The van der Waals surface area contributed by atoms with E-state index in [9.17, 15) is 4.79 Å². The third-order valence-electron chi connectivity index (χ3n) is 3.47. The van der Waals surface area contributed by atoms with Gasteiger partial charge < -0.3 is 5.73 Å². The standard InChI is InChI=1S/C15H23NO/c1-10(2)14(9-16)15(17)8-13-11(3)6-5-7-12(13)4/h5-7,10,14H,8-9,16H2,1-4H3. The lowest BCUT2D eigenvalue weighted by molar-refractivity contribution is -0.123. The number of ketones is 1. The first kappa shape index (κ1) is 13.9. The molecule has 94 valence electrons. The summed E-state index contributed by atoms with van der Waals surface area (Å²) in [6.07, 6.45) is 0.512. The van der Waals surface area contributed by atoms with Crippen LogP contribution < -0.4 is 5.73 Å². The van der Waals surface area contributed by atoms with Gasteiger partial charge in [0.25, 0.3) is 0 Å². The number of hydrogen-bond donors (Lipinski definition) is 1. The third kappa shape index (κ3) is 3.40. The van der Waals surface area contributed by atoms with Gasteiger partial charge in [0.2, 0.25) is 0 Å². The number of benzene rings is 1. The predicted molar refractivity (Wildman–Crippen MR) is 72.0 cm³/mol. The normalized spacial score (nSPS) is 12.8. The smallest absolute Gasteiger partial charge is 0.141 e. The van der Waals surface area contributed by atoms with Crippen LogP contribution in [-0.2, 0) is 11.2 Å². The summed E-state index contributed by atoms with van der Waals surface area (Å²) in [6.45, 7) is 8.67. The Morgan fingerprint density at radius 2 is 1.76 bits per heavy atom. The lowest BCUT2D eigenvalue weighted by Gasteiger charge is -2.18. The predicted octanol–water partition coefficient (Wildman–Crippen LogP) is 2.65. The maximum atomic E-state index is 12.2. The average molecular weight is 233 g/mol. The van der Waals surface area contributed by atoms with Gasteiger partial charge in [-0.2, -0.15) is 0 Å². The van der Waals surface area contributed by atoms with Crippen molar-refractivity contribution in [3.63, 3.8) is 0 Å². The van der Waals surface area contributed by atoms with Gasteiger partial charge in [0, 0.05) is 18.9 Å². The van der Waals surface area contributed by atoms with Crippen molar-refractivity contribution in [1.82, 2.24) is 0 Å². The van der Waals surface area contributed by atoms with Gasteiger partial charge in [-0.25, -0.2) is 0 Å². The Bertz CT molecular complexity index is 376. The fraction of sp³-hybridized carbons (Fsp3) is 0.533. The minimum Gasteiger partial charge on any atom is -0.330 e. The van der Waals surface area contributed by atoms with Gasteiger partial charge in [-0.1, -0.05) is 32.0 Å². The Hall–Kier alpha value is -1.15. The maximum absolute atomic E-state index is 12.2. The molecular formula is C15H23NO. The molecular weight excluding hydrogens is 210 g/mol. The molecule has 2 nitrogen and oxygen atoms in total. The molecule has 0 aliphatic rings. The second kappa shape index (κ2) is 5.97. The summed E-state index contributed by atoms with van der Waals surface area (Å²) in [5, 5.41) is 0. The summed E-state index contributed by atoms with van der Waals surface area (Å²) < 4.78 is 0. The highest BCUT2D eigenvalue weighted by Crippen LogP contribution is 2.18. The zero-order chi connectivity index (χ0) is 13.0. The van der Waals surface area contributed by atoms with E-state index < -0.39 is 0 Å². The molecule has 0 aliphatic carbocycles. The van der Waals surface area contributed by atoms with Crippen LogP contribution in [0.2, 0.25) is 0 Å². The molecule has 0 saturated heterocycles. The first-order valence-electron chi connectivity index (χ1n) is 6.25. The zero-order valence-electron chi connectivity index (χ0n) is 11.3. The van der Waals surface area contributed by atoms with Crippen LogP contribution in [-0.4, -0.2) is 12.3 Å². The quantitative estimate of drug-likeness (QED) is 0.849. The topological polar surface area (TPSA) is 43.1 Å². The highest BCUT2D eigenvalue weighted by molar-refractivity contribution is 5.84. The Labute approximate surface area is 104 Å². The minimum absolute atomic E-state index is 0.0194. The van der Waals surface area contributed by atoms with E-state index in [4.69, 9.17) is 5.73 Å². The van der Waals surface area contributed by atoms with Crippen molar-refractivity contribution in [2.24, 2.45) is 17.6 Å². The van der Waals surface area contributed by atoms with E-state index in [-0.39, 0.29) is 11.7 Å². The van der Waals surface area contributed by atoms with E-state index >= 15 is 0 Å². The van der Waals surface area contributed by atoms with Crippen molar-refractivity contribution in [3.8, 4) is 0 Å². The van der Waals surface area contributed by atoms with Gasteiger partial charge >= 0.3 is 0 Å². The van der Waals surface area contributed by atoms with Crippen molar-refractivity contribution in [1.29, 1.82) is 0 Å². The number of aryl methyl sites for hydroxylation is 2. The monoisotopic (exact) mass is 233 g/mol. The molecule has 0 bridgehead atoms. The highest BCUT2D eigenvalue weighted by Gasteiger charge is 2.21. The van der Waals surface area contributed by atoms with Crippen LogP contribution in [0.3, 0.4) is 0 Å². The van der Waals surface area contributed by atoms with Gasteiger partial charge in [-0.15, -0.1) is 0 Å². The van der Waals surface area contributed by atoms with Crippen LogP contribution in [0.1, 0.15) is 30.5 Å². The Morgan fingerprint density at radius 3 is 2.18 bits per heavy atom. The molecule has 0 fully saturated rings. The van der Waals surface area contributed by atoms with E-state index in [1.165, 1.54) is 11.1 Å². The molecule has 17 heavy (non-hydrogen) atoms. The van der Waals surface area contributed by atoms with E-state index in [1.54, 1.807) is 0 Å². The van der Waals surface area contributed by atoms with Crippen LogP contribution in [0.25, 0.3) is 0 Å². The van der Waals surface area contributed by atoms with E-state index in [0.29, 0.717) is 18.9 Å². The molecule has 0 saturated carbocycles. The second-order valence-electron chi connectivity index (χ2n) is 5.10. The van der Waals surface area contributed by atoms with Crippen LogP contribution >= 0.6 is 0 Å². The van der Waals surface area contributed by atoms with Gasteiger partial charge in [-0.3, -0.25) is 4.79 Å². The van der Waals surface area contributed by atoms with Crippen molar-refractivity contribution < 1.29 is 4.79 Å². The summed E-state index contributed by atoms with van der Waals surface area (Å²) in [7, 11) is 0. The molecule has 1 atom stereocenters. The van der Waals surface area contributed by atoms with Crippen LogP contribution in [0.5, 0.6) is 0 Å². The number of rotatable bonds is 5. The van der Waals surface area contributed by atoms with Crippen LogP contribution in [0.15, 0.2) is 18.2 Å². The van der Waals surface area contributed by atoms with Crippen molar-refractivity contribution in [3.05, 3.63) is 34.9 Å². The second-order valence-corrected chi connectivity index (χ2v) is 5.10. The van der Waals surface area contributed by atoms with E-state index in [2.05, 4.69) is 39.8 Å². The van der Waals surface area contributed by atoms with Crippen molar-refractivity contribution in [2.45, 2.75) is 34.1 Å². The fourth-order valence-electron chi connectivity index (χ4n) is 2.21. The van der Waals surface area contributed by atoms with Crippen molar-refractivity contribution in [2.75, 3.05) is 6.54 Å². The number of hydrogen-bond acceptors (Lipinski definition) is 2. The first-order valence-corrected chi connectivity index (χ1v) is 6.25. The zero-order valence-corrected chi connectivity index (χ0v) is 11.3. The van der Waals surface area contributed by atoms with Gasteiger partial charge in [0.05, 0.1) is 0 Å². The summed E-state index contributed by atoms with van der Waals surface area (Å²) in [5.41, 5.74) is 9.23. The lowest BCUT2D eigenvalue weighted by atomic mass is 9.86. The minimum atomic E-state index is -0.0194. The largest absolute Gasteiger partial charge is 0.330 e. The Kier molecular flexibility index (Phi) is 4.88. The molecule has 2 N–H and O–H groups in total. The molecule has 0 heterocycles. The first-order chi connectivity index (χ1) is 7.97. The Balaban J connectivity index is 2.87. The summed E-state index contributed by atoms with van der Waals surface area (Å²) >= 11 is 0. The number of carbonyl (C=O) groups is 1. The van der Waals surface area contributed by atoms with E-state index in [1.807, 2.05) is 6.07 Å². The number of carbonyl (C=O) groups excluding carboxylic acids is 1. The number of nitrogens with two attached hydrogens (primary N) is 1. The highest BCUT2D eigenvalue weighted by atomic mass is 16.1. The van der Waals surface area contributed by atoms with Gasteiger partial charge in [0.15, 0.2) is 0 Å². The molecule has 0 spiro atoms. The average Bonchev–Trinajstić information content (AvgIpc) is 2.24. The molecule has 1 aromatic carbocycles. The molecule has 0 aliphatic heterocycles. The molecule has 0 aromatic heterocycles. The lowest BCUT2D eigenvalue weighted by Crippen LogP contribution is -2.29. The molecule has 1 aromatic rings. The van der Waals surface area contributed by atoms with Gasteiger partial charge in [0.1, 0.15) is 5.78 Å². The molecule has 0 radical (unpaired) electrons. The summed E-state index contributed by atoms with van der Waals surface area (Å²) in [6, 6.07) is 6.15. The van der Waals surface area contributed by atoms with Crippen LogP contribution in [0, 0.1) is 25.7 Å². The molecule has 1 unspecified atom stereocenters. The molecule has 2 heteroatoms. The summed E-state index contributed by atoms with van der Waals surface area (Å²) in [4.78, 5) is 12.2. The third-order valence-corrected chi connectivity index (χ3v) is 3.47. The Morgan fingerprint density at radius 1 is 1.24 bits per heavy atom. The fourth-order valence-corrected chi connectivity index (χ4v) is 2.21. The molecule has 0 amide bonds. The molecule has 1 rings (SSSR count). The number of Topliss-reactive ketones (excluding diaryl/α,β-unsaturated/α-hetero) is 1. The van der Waals surface area contributed by atoms with Crippen molar-refractivity contribution >= 4 is 5.78 Å².